The van der Waals surface area contributed by atoms with Gasteiger partial charge in [-0.3, -0.25) is 9.59 Å². The lowest BCUT2D eigenvalue weighted by molar-refractivity contribution is -0.159. The second-order valence-corrected chi connectivity index (χ2v) is 7.99. The van der Waals surface area contributed by atoms with Gasteiger partial charge in [0.15, 0.2) is 12.6 Å². The predicted octanol–water partition coefficient (Wildman–Crippen LogP) is 2.83. The van der Waals surface area contributed by atoms with Crippen molar-refractivity contribution in [1.29, 1.82) is 0 Å². The third kappa shape index (κ3) is 6.34. The first-order chi connectivity index (χ1) is 16.3. The summed E-state index contributed by atoms with van der Waals surface area (Å²) in [5, 5.41) is 0. The van der Waals surface area contributed by atoms with Crippen molar-refractivity contribution in [3.8, 4) is 5.75 Å². The number of nitrogens with two attached hydrogens (primary N) is 2. The zero-order valence-electron chi connectivity index (χ0n) is 19.3. The van der Waals surface area contributed by atoms with Crippen LogP contribution in [0.25, 0.3) is 0 Å². The Morgan fingerprint density at radius 3 is 2.50 bits per heavy atom. The van der Waals surface area contributed by atoms with Crippen LogP contribution in [0.3, 0.4) is 0 Å². The van der Waals surface area contributed by atoms with E-state index in [2.05, 4.69) is 4.99 Å². The van der Waals surface area contributed by atoms with Crippen LogP contribution in [-0.4, -0.2) is 37.1 Å². The molecule has 34 heavy (non-hydrogen) atoms. The van der Waals surface area contributed by atoms with Crippen LogP contribution in [0.1, 0.15) is 55.2 Å². The summed E-state index contributed by atoms with van der Waals surface area (Å²) in [7, 11) is 0. The summed E-state index contributed by atoms with van der Waals surface area (Å²) in [6.07, 6.45) is 2.41. The molecule has 1 aliphatic carbocycles. The van der Waals surface area contributed by atoms with Gasteiger partial charge in [0.05, 0.1) is 24.1 Å². The standard InChI is InChI=1S/C25H29N3O6/c1-3-32-22(29)14-33-23(30)15(2)16-8-11-19(12-9-16)34-24(31)20-6-4-5-17-7-10-18(13-21(17)20)28-25(26)27/h7-13,15,20H,3-6,14H2,1-2H3,(H4,26,27,28). The lowest BCUT2D eigenvalue weighted by atomic mass is 9.82. The Kier molecular flexibility index (Phi) is 8.24. The molecule has 9 nitrogen and oxygen atoms in total. The largest absolute Gasteiger partial charge is 0.463 e. The third-order valence-corrected chi connectivity index (χ3v) is 5.58. The molecular weight excluding hydrogens is 438 g/mol. The first-order valence-electron chi connectivity index (χ1n) is 11.1. The first kappa shape index (κ1) is 24.8. The fourth-order valence-corrected chi connectivity index (χ4v) is 3.86. The number of benzene rings is 2. The van der Waals surface area contributed by atoms with Gasteiger partial charge in [-0.2, -0.15) is 0 Å². The van der Waals surface area contributed by atoms with Crippen molar-refractivity contribution >= 4 is 29.6 Å². The van der Waals surface area contributed by atoms with Gasteiger partial charge in [-0.15, -0.1) is 0 Å². The summed E-state index contributed by atoms with van der Waals surface area (Å²) >= 11 is 0. The molecule has 0 aromatic heterocycles. The molecule has 4 N–H and O–H groups in total. The van der Waals surface area contributed by atoms with Gasteiger partial charge in [-0.25, -0.2) is 9.79 Å². The topological polar surface area (TPSA) is 143 Å². The predicted molar refractivity (Wildman–Crippen MR) is 126 cm³/mol. The number of nitrogens with zero attached hydrogens (tertiary/aromatic N) is 1. The Bertz CT molecular complexity index is 1080. The van der Waals surface area contributed by atoms with Crippen LogP contribution >= 0.6 is 0 Å². The molecule has 9 heteroatoms. The van der Waals surface area contributed by atoms with Gasteiger partial charge in [0.1, 0.15) is 5.75 Å². The van der Waals surface area contributed by atoms with Gasteiger partial charge in [-0.1, -0.05) is 18.2 Å². The van der Waals surface area contributed by atoms with Crippen LogP contribution in [-0.2, 0) is 30.3 Å². The number of hydrogen-bond acceptors (Lipinski definition) is 7. The molecule has 3 rings (SSSR count). The fourth-order valence-electron chi connectivity index (χ4n) is 3.86. The third-order valence-electron chi connectivity index (χ3n) is 5.58. The van der Waals surface area contributed by atoms with E-state index in [1.54, 1.807) is 38.1 Å². The van der Waals surface area contributed by atoms with Crippen LogP contribution in [0.5, 0.6) is 5.75 Å². The van der Waals surface area contributed by atoms with Crippen LogP contribution in [0, 0.1) is 0 Å². The zero-order valence-corrected chi connectivity index (χ0v) is 19.3. The number of ether oxygens (including phenoxy) is 3. The molecule has 2 aromatic rings. The van der Waals surface area contributed by atoms with Gasteiger partial charge >= 0.3 is 17.9 Å². The van der Waals surface area contributed by atoms with Crippen molar-refractivity contribution in [1.82, 2.24) is 0 Å². The molecule has 0 spiro atoms. The monoisotopic (exact) mass is 467 g/mol. The van der Waals surface area contributed by atoms with E-state index in [0.29, 0.717) is 23.4 Å². The molecule has 0 fully saturated rings. The van der Waals surface area contributed by atoms with E-state index >= 15 is 0 Å². The number of guanidine groups is 1. The van der Waals surface area contributed by atoms with E-state index < -0.39 is 30.4 Å². The number of aryl methyl sites for hydroxylation is 1. The molecule has 0 radical (unpaired) electrons. The van der Waals surface area contributed by atoms with E-state index in [4.69, 9.17) is 25.7 Å². The molecule has 0 amide bonds. The number of carbonyl (C=O) groups is 3. The highest BCUT2D eigenvalue weighted by Crippen LogP contribution is 2.35. The molecule has 0 bridgehead atoms. The molecule has 0 saturated heterocycles. The number of fused-ring (bicyclic) bond motifs is 1. The zero-order chi connectivity index (χ0) is 24.7. The van der Waals surface area contributed by atoms with E-state index in [1.807, 2.05) is 18.2 Å². The second kappa shape index (κ2) is 11.3. The van der Waals surface area contributed by atoms with Gasteiger partial charge in [-0.05, 0) is 74.1 Å². The average Bonchev–Trinajstić information content (AvgIpc) is 2.82. The van der Waals surface area contributed by atoms with Crippen molar-refractivity contribution < 1.29 is 28.6 Å². The number of carbonyl (C=O) groups excluding carboxylic acids is 3. The summed E-state index contributed by atoms with van der Waals surface area (Å²) in [5.41, 5.74) is 14.2. The van der Waals surface area contributed by atoms with E-state index in [1.165, 1.54) is 0 Å². The maximum atomic E-state index is 13.0. The first-order valence-corrected chi connectivity index (χ1v) is 11.1. The smallest absolute Gasteiger partial charge is 0.344 e. The second-order valence-electron chi connectivity index (χ2n) is 7.99. The number of aliphatic imine (C=N–C) groups is 1. The quantitative estimate of drug-likeness (QED) is 0.261. The maximum absolute atomic E-state index is 13.0. The highest BCUT2D eigenvalue weighted by molar-refractivity contribution is 5.83. The normalized spacial score (nSPS) is 15.4. The molecule has 180 valence electrons. The molecule has 0 aliphatic heterocycles. The highest BCUT2D eigenvalue weighted by atomic mass is 16.6. The summed E-state index contributed by atoms with van der Waals surface area (Å²) in [6, 6.07) is 12.2. The highest BCUT2D eigenvalue weighted by Gasteiger charge is 2.28. The molecular formula is C25H29N3O6. The summed E-state index contributed by atoms with van der Waals surface area (Å²) in [5.74, 6) is -2.21. The van der Waals surface area contributed by atoms with Gasteiger partial charge in [0, 0.05) is 0 Å². The number of esters is 3. The summed E-state index contributed by atoms with van der Waals surface area (Å²) in [6.45, 7) is 3.13. The Morgan fingerprint density at radius 1 is 1.09 bits per heavy atom. The lowest BCUT2D eigenvalue weighted by Gasteiger charge is -2.24. The van der Waals surface area contributed by atoms with Crippen molar-refractivity contribution in [2.24, 2.45) is 16.5 Å². The number of rotatable bonds is 8. The van der Waals surface area contributed by atoms with Crippen LogP contribution in [0.2, 0.25) is 0 Å². The Morgan fingerprint density at radius 2 is 1.82 bits per heavy atom. The van der Waals surface area contributed by atoms with E-state index in [0.717, 1.165) is 24.0 Å². The molecule has 0 saturated carbocycles. The van der Waals surface area contributed by atoms with Crippen molar-refractivity contribution in [3.63, 3.8) is 0 Å². The van der Waals surface area contributed by atoms with E-state index in [-0.39, 0.29) is 18.5 Å². The molecule has 2 aromatic carbocycles. The van der Waals surface area contributed by atoms with Crippen LogP contribution < -0.4 is 16.2 Å². The minimum atomic E-state index is -0.599. The lowest BCUT2D eigenvalue weighted by Crippen LogP contribution is -2.23. The minimum Gasteiger partial charge on any atom is -0.463 e. The molecule has 0 heterocycles. The molecule has 2 unspecified atom stereocenters. The summed E-state index contributed by atoms with van der Waals surface area (Å²) in [4.78, 5) is 40.6. The van der Waals surface area contributed by atoms with Crippen molar-refractivity contribution in [3.05, 3.63) is 59.2 Å². The van der Waals surface area contributed by atoms with Gasteiger partial charge < -0.3 is 25.7 Å². The Labute approximate surface area is 198 Å². The Balaban J connectivity index is 1.65. The molecule has 2 atom stereocenters. The fraction of sp³-hybridized carbons (Fsp3) is 0.360. The minimum absolute atomic E-state index is 0.0472. The van der Waals surface area contributed by atoms with Gasteiger partial charge in [0.2, 0.25) is 0 Å². The summed E-state index contributed by atoms with van der Waals surface area (Å²) < 4.78 is 15.4. The molecule has 1 aliphatic rings. The van der Waals surface area contributed by atoms with Gasteiger partial charge in [0.25, 0.3) is 0 Å². The Hall–Kier alpha value is -3.88. The van der Waals surface area contributed by atoms with Crippen LogP contribution in [0.15, 0.2) is 47.5 Å². The van der Waals surface area contributed by atoms with Crippen molar-refractivity contribution in [2.45, 2.75) is 44.9 Å². The SMILES string of the molecule is CCOC(=O)COC(=O)C(C)c1ccc(OC(=O)C2CCCc3ccc(N=C(N)N)cc32)cc1. The number of hydrogen-bond donors (Lipinski definition) is 2. The average molecular weight is 468 g/mol. The maximum Gasteiger partial charge on any atom is 0.344 e. The van der Waals surface area contributed by atoms with Crippen molar-refractivity contribution in [2.75, 3.05) is 13.2 Å². The van der Waals surface area contributed by atoms with Crippen LogP contribution in [0.4, 0.5) is 5.69 Å². The van der Waals surface area contributed by atoms with E-state index in [9.17, 15) is 14.4 Å².